The molecule has 1 N–H and O–H groups in total. The summed E-state index contributed by atoms with van der Waals surface area (Å²) in [5, 5.41) is 8.79. The molecular formula is C18H20O2. The fourth-order valence-electron chi connectivity index (χ4n) is 2.49. The first-order valence-corrected chi connectivity index (χ1v) is 6.93. The molecule has 1 unspecified atom stereocenters. The Morgan fingerprint density at radius 3 is 2.35 bits per heavy atom. The molecule has 0 saturated heterocycles. The molecule has 0 aliphatic carbocycles. The van der Waals surface area contributed by atoms with Gasteiger partial charge in [0.15, 0.2) is 0 Å². The van der Waals surface area contributed by atoms with E-state index in [1.54, 1.807) is 0 Å². The highest BCUT2D eigenvalue weighted by molar-refractivity contribution is 5.68. The fraction of sp³-hybridized carbons (Fsp3) is 0.278. The second kappa shape index (κ2) is 6.38. The fourth-order valence-corrected chi connectivity index (χ4v) is 2.49. The number of rotatable bonds is 5. The summed E-state index contributed by atoms with van der Waals surface area (Å²) in [4.78, 5) is 10.7. The number of benzene rings is 2. The Morgan fingerprint density at radius 2 is 1.75 bits per heavy atom. The number of aliphatic carboxylic acids is 1. The Kier molecular flexibility index (Phi) is 4.57. The third-order valence-electron chi connectivity index (χ3n) is 3.52. The average Bonchev–Trinajstić information content (AvgIpc) is 2.39. The van der Waals surface area contributed by atoms with Crippen LogP contribution in [-0.2, 0) is 11.2 Å². The van der Waals surface area contributed by atoms with Crippen molar-refractivity contribution in [3.8, 4) is 11.1 Å². The molecular weight excluding hydrogens is 248 g/mol. The van der Waals surface area contributed by atoms with Crippen LogP contribution < -0.4 is 0 Å². The van der Waals surface area contributed by atoms with E-state index in [1.165, 1.54) is 22.3 Å². The summed E-state index contributed by atoms with van der Waals surface area (Å²) < 4.78 is 0. The molecule has 1 atom stereocenters. The molecule has 0 aliphatic rings. The minimum atomic E-state index is -0.728. The van der Waals surface area contributed by atoms with Crippen molar-refractivity contribution in [2.45, 2.75) is 26.7 Å². The predicted octanol–water partition coefficient (Wildman–Crippen LogP) is 4.32. The van der Waals surface area contributed by atoms with Crippen LogP contribution in [0, 0.1) is 12.8 Å². The maximum Gasteiger partial charge on any atom is 0.303 e. The highest BCUT2D eigenvalue weighted by Gasteiger charge is 2.08. The minimum absolute atomic E-state index is 0.164. The number of carboxylic acids is 1. The zero-order valence-electron chi connectivity index (χ0n) is 12.0. The van der Waals surface area contributed by atoms with Gasteiger partial charge in [-0.2, -0.15) is 0 Å². The van der Waals surface area contributed by atoms with E-state index in [-0.39, 0.29) is 12.3 Å². The third kappa shape index (κ3) is 3.70. The van der Waals surface area contributed by atoms with Gasteiger partial charge >= 0.3 is 5.97 Å². The van der Waals surface area contributed by atoms with E-state index in [4.69, 9.17) is 5.11 Å². The molecule has 0 bridgehead atoms. The van der Waals surface area contributed by atoms with Crippen LogP contribution in [-0.4, -0.2) is 11.1 Å². The largest absolute Gasteiger partial charge is 0.481 e. The normalized spacial score (nSPS) is 12.1. The molecule has 2 rings (SSSR count). The molecule has 0 spiro atoms. The van der Waals surface area contributed by atoms with Gasteiger partial charge in [0.05, 0.1) is 0 Å². The summed E-state index contributed by atoms with van der Waals surface area (Å²) in [5.41, 5.74) is 4.91. The van der Waals surface area contributed by atoms with Gasteiger partial charge in [0.1, 0.15) is 0 Å². The molecule has 2 heteroatoms. The van der Waals surface area contributed by atoms with Gasteiger partial charge in [-0.05, 0) is 41.5 Å². The highest BCUT2D eigenvalue weighted by Crippen LogP contribution is 2.24. The van der Waals surface area contributed by atoms with Crippen molar-refractivity contribution in [1.29, 1.82) is 0 Å². The van der Waals surface area contributed by atoms with E-state index in [1.807, 2.05) is 19.1 Å². The van der Waals surface area contributed by atoms with Crippen LogP contribution in [0.2, 0.25) is 0 Å². The summed E-state index contributed by atoms with van der Waals surface area (Å²) in [7, 11) is 0. The van der Waals surface area contributed by atoms with Gasteiger partial charge in [0.25, 0.3) is 0 Å². The third-order valence-corrected chi connectivity index (χ3v) is 3.52. The van der Waals surface area contributed by atoms with E-state index in [0.717, 1.165) is 6.42 Å². The lowest BCUT2D eigenvalue weighted by Crippen LogP contribution is -2.06. The lowest BCUT2D eigenvalue weighted by molar-refractivity contribution is -0.137. The first kappa shape index (κ1) is 14.3. The first-order chi connectivity index (χ1) is 9.56. The van der Waals surface area contributed by atoms with E-state index in [2.05, 4.69) is 43.3 Å². The smallest absolute Gasteiger partial charge is 0.303 e. The predicted molar refractivity (Wildman–Crippen MR) is 81.7 cm³/mol. The van der Waals surface area contributed by atoms with Crippen molar-refractivity contribution < 1.29 is 9.90 Å². The van der Waals surface area contributed by atoms with Gasteiger partial charge in [-0.25, -0.2) is 0 Å². The Hall–Kier alpha value is -2.09. The van der Waals surface area contributed by atoms with E-state index in [0.29, 0.717) is 0 Å². The van der Waals surface area contributed by atoms with Crippen molar-refractivity contribution >= 4 is 5.97 Å². The Balaban J connectivity index is 2.11. The van der Waals surface area contributed by atoms with E-state index in [9.17, 15) is 4.79 Å². The van der Waals surface area contributed by atoms with Crippen molar-refractivity contribution in [2.24, 2.45) is 5.92 Å². The molecule has 0 amide bonds. The second-order valence-electron chi connectivity index (χ2n) is 5.42. The Bertz CT molecular complexity index is 585. The summed E-state index contributed by atoms with van der Waals surface area (Å²) in [6.45, 7) is 4.08. The SMILES string of the molecule is Cc1ccccc1-c1ccc(CC(C)CC(=O)O)cc1. The summed E-state index contributed by atoms with van der Waals surface area (Å²) in [6.07, 6.45) is 1.03. The van der Waals surface area contributed by atoms with E-state index >= 15 is 0 Å². The molecule has 0 aliphatic heterocycles. The van der Waals surface area contributed by atoms with Gasteiger partial charge in [-0.1, -0.05) is 55.5 Å². The lowest BCUT2D eigenvalue weighted by Gasteiger charge is -2.10. The molecule has 20 heavy (non-hydrogen) atoms. The maximum atomic E-state index is 10.7. The zero-order chi connectivity index (χ0) is 14.5. The van der Waals surface area contributed by atoms with Crippen molar-refractivity contribution in [3.05, 3.63) is 59.7 Å². The van der Waals surface area contributed by atoms with Crippen molar-refractivity contribution in [3.63, 3.8) is 0 Å². The molecule has 0 radical (unpaired) electrons. The maximum absolute atomic E-state index is 10.7. The van der Waals surface area contributed by atoms with Crippen LogP contribution in [0.15, 0.2) is 48.5 Å². The molecule has 2 nitrogen and oxygen atoms in total. The number of hydrogen-bond acceptors (Lipinski definition) is 1. The minimum Gasteiger partial charge on any atom is -0.481 e. The van der Waals surface area contributed by atoms with Gasteiger partial charge in [0.2, 0.25) is 0 Å². The second-order valence-corrected chi connectivity index (χ2v) is 5.42. The molecule has 0 heterocycles. The molecule has 104 valence electrons. The quantitative estimate of drug-likeness (QED) is 0.877. The number of carbonyl (C=O) groups is 1. The first-order valence-electron chi connectivity index (χ1n) is 6.93. The van der Waals surface area contributed by atoms with Crippen LogP contribution in [0.1, 0.15) is 24.5 Å². The van der Waals surface area contributed by atoms with Crippen molar-refractivity contribution in [2.75, 3.05) is 0 Å². The summed E-state index contributed by atoms with van der Waals surface area (Å²) in [5.74, 6) is -0.564. The molecule has 0 fully saturated rings. The van der Waals surface area contributed by atoms with Crippen LogP contribution in [0.25, 0.3) is 11.1 Å². The summed E-state index contributed by atoms with van der Waals surface area (Å²) in [6, 6.07) is 16.7. The number of carboxylic acid groups (broad SMARTS) is 1. The molecule has 2 aromatic carbocycles. The standard InChI is InChI=1S/C18H20O2/c1-13(12-18(19)20)11-15-7-9-16(10-8-15)17-6-4-3-5-14(17)2/h3-10,13H,11-12H2,1-2H3,(H,19,20). The monoisotopic (exact) mass is 268 g/mol. The topological polar surface area (TPSA) is 37.3 Å². The average molecular weight is 268 g/mol. The van der Waals surface area contributed by atoms with Gasteiger partial charge in [0, 0.05) is 6.42 Å². The molecule has 2 aromatic rings. The highest BCUT2D eigenvalue weighted by atomic mass is 16.4. The van der Waals surface area contributed by atoms with Crippen LogP contribution in [0.5, 0.6) is 0 Å². The number of hydrogen-bond donors (Lipinski definition) is 1. The summed E-state index contributed by atoms with van der Waals surface area (Å²) >= 11 is 0. The molecule has 0 aromatic heterocycles. The van der Waals surface area contributed by atoms with Gasteiger partial charge in [-0.3, -0.25) is 4.79 Å². The van der Waals surface area contributed by atoms with Crippen LogP contribution in [0.3, 0.4) is 0 Å². The van der Waals surface area contributed by atoms with Crippen LogP contribution in [0.4, 0.5) is 0 Å². The van der Waals surface area contributed by atoms with E-state index < -0.39 is 5.97 Å². The lowest BCUT2D eigenvalue weighted by atomic mass is 9.95. The van der Waals surface area contributed by atoms with Crippen molar-refractivity contribution in [1.82, 2.24) is 0 Å². The Morgan fingerprint density at radius 1 is 1.10 bits per heavy atom. The van der Waals surface area contributed by atoms with Gasteiger partial charge in [-0.15, -0.1) is 0 Å². The van der Waals surface area contributed by atoms with Crippen LogP contribution >= 0.6 is 0 Å². The number of aryl methyl sites for hydroxylation is 1. The molecule has 0 saturated carbocycles. The Labute approximate surface area is 120 Å². The van der Waals surface area contributed by atoms with Gasteiger partial charge < -0.3 is 5.11 Å². The zero-order valence-corrected chi connectivity index (χ0v) is 12.0.